The van der Waals surface area contributed by atoms with Crippen LogP contribution in [0, 0.1) is 5.92 Å². The fourth-order valence-electron chi connectivity index (χ4n) is 3.09. The molecule has 0 spiro atoms. The van der Waals surface area contributed by atoms with Gasteiger partial charge in [-0.25, -0.2) is 0 Å². The third-order valence-corrected chi connectivity index (χ3v) is 5.61. The van der Waals surface area contributed by atoms with Crippen molar-refractivity contribution in [3.8, 4) is 0 Å². The molecule has 1 aromatic rings. The van der Waals surface area contributed by atoms with E-state index in [1.165, 1.54) is 36.3 Å². The van der Waals surface area contributed by atoms with E-state index in [0.717, 1.165) is 11.8 Å². The highest BCUT2D eigenvalue weighted by molar-refractivity contribution is 7.99. The van der Waals surface area contributed by atoms with E-state index in [4.69, 9.17) is 0 Å². The Bertz CT molecular complexity index is 386. The van der Waals surface area contributed by atoms with Crippen molar-refractivity contribution in [1.82, 2.24) is 5.32 Å². The second-order valence-corrected chi connectivity index (χ2v) is 6.44. The molecule has 1 aliphatic heterocycles. The molecule has 92 valence electrons. The van der Waals surface area contributed by atoms with Crippen molar-refractivity contribution in [2.24, 2.45) is 5.92 Å². The molecule has 1 N–H and O–H groups in total. The third kappa shape index (κ3) is 2.25. The molecule has 0 saturated heterocycles. The molecule has 1 aromatic carbocycles. The van der Waals surface area contributed by atoms with Crippen LogP contribution in [0.2, 0.25) is 0 Å². The Morgan fingerprint density at radius 2 is 2.18 bits per heavy atom. The lowest BCUT2D eigenvalue weighted by Crippen LogP contribution is -2.35. The molecule has 1 saturated carbocycles. The highest BCUT2D eigenvalue weighted by atomic mass is 32.2. The first-order chi connectivity index (χ1) is 8.38. The fourth-order valence-corrected chi connectivity index (χ4v) is 4.42. The molecule has 2 heteroatoms. The lowest BCUT2D eigenvalue weighted by Gasteiger charge is -2.32. The molecule has 0 aromatic heterocycles. The smallest absolute Gasteiger partial charge is 0.0144 e. The molecule has 1 nitrogen and oxygen atoms in total. The number of fused-ring (bicyclic) bond motifs is 1. The van der Waals surface area contributed by atoms with Gasteiger partial charge in [-0.05, 0) is 31.0 Å². The zero-order valence-electron chi connectivity index (χ0n) is 10.5. The number of rotatable bonds is 4. The van der Waals surface area contributed by atoms with Crippen LogP contribution in [-0.4, -0.2) is 18.8 Å². The molecule has 1 heterocycles. The molecule has 2 unspecified atom stereocenters. The normalized spacial score (nSPS) is 25.4. The van der Waals surface area contributed by atoms with Crippen LogP contribution in [0.15, 0.2) is 29.2 Å². The van der Waals surface area contributed by atoms with E-state index in [1.807, 2.05) is 11.8 Å². The summed E-state index contributed by atoms with van der Waals surface area (Å²) in [5.41, 5.74) is 1.58. The van der Waals surface area contributed by atoms with Crippen LogP contribution >= 0.6 is 11.8 Å². The minimum atomic E-state index is 0.677. The van der Waals surface area contributed by atoms with Crippen LogP contribution in [0.25, 0.3) is 0 Å². The fraction of sp³-hybridized carbons (Fsp3) is 0.600. The van der Waals surface area contributed by atoms with Gasteiger partial charge in [0.1, 0.15) is 0 Å². The minimum Gasteiger partial charge on any atom is -0.316 e. The summed E-state index contributed by atoms with van der Waals surface area (Å²) in [4.78, 5) is 1.51. The van der Waals surface area contributed by atoms with E-state index in [0.29, 0.717) is 6.04 Å². The molecule has 2 atom stereocenters. The summed E-state index contributed by atoms with van der Waals surface area (Å²) < 4.78 is 0. The minimum absolute atomic E-state index is 0.677. The highest BCUT2D eigenvalue weighted by Crippen LogP contribution is 2.43. The Hall–Kier alpha value is -0.470. The number of thioether (sulfide) groups is 1. The molecule has 1 fully saturated rings. The average Bonchev–Trinajstić information content (AvgIpc) is 2.72. The number of hydrogen-bond acceptors (Lipinski definition) is 2. The molecular formula is C15H21NS. The summed E-state index contributed by atoms with van der Waals surface area (Å²) in [5.74, 6) is 2.98. The van der Waals surface area contributed by atoms with Gasteiger partial charge in [-0.2, -0.15) is 0 Å². The summed E-state index contributed by atoms with van der Waals surface area (Å²) in [7, 11) is 2.13. The molecule has 17 heavy (non-hydrogen) atoms. The van der Waals surface area contributed by atoms with Crippen LogP contribution in [0.1, 0.15) is 37.2 Å². The van der Waals surface area contributed by atoms with Gasteiger partial charge in [-0.15, -0.1) is 11.8 Å². The van der Waals surface area contributed by atoms with Crippen LogP contribution in [0.5, 0.6) is 0 Å². The largest absolute Gasteiger partial charge is 0.316 e. The number of benzene rings is 1. The number of nitrogens with one attached hydrogen (secondary N) is 1. The van der Waals surface area contributed by atoms with E-state index in [9.17, 15) is 0 Å². The maximum absolute atomic E-state index is 3.57. The van der Waals surface area contributed by atoms with Crippen molar-refractivity contribution in [2.45, 2.75) is 42.5 Å². The maximum atomic E-state index is 3.57. The van der Waals surface area contributed by atoms with Gasteiger partial charge in [-0.1, -0.05) is 37.5 Å². The second-order valence-electron chi connectivity index (χ2n) is 5.38. The number of hydrogen-bond donors (Lipinski definition) is 1. The zero-order valence-corrected chi connectivity index (χ0v) is 11.3. The third-order valence-electron chi connectivity index (χ3n) is 4.41. The van der Waals surface area contributed by atoms with Crippen molar-refractivity contribution < 1.29 is 0 Å². The summed E-state index contributed by atoms with van der Waals surface area (Å²) in [6.45, 7) is 0. The van der Waals surface area contributed by atoms with E-state index in [2.05, 4.69) is 36.6 Å². The summed E-state index contributed by atoms with van der Waals surface area (Å²) in [6.07, 6.45) is 5.74. The Morgan fingerprint density at radius 3 is 2.88 bits per heavy atom. The first-order valence-electron chi connectivity index (χ1n) is 6.77. The molecular weight excluding hydrogens is 226 g/mol. The Kier molecular flexibility index (Phi) is 3.44. The molecule has 0 bridgehead atoms. The predicted octanol–water partition coefficient (Wildman–Crippen LogP) is 3.65. The van der Waals surface area contributed by atoms with Gasteiger partial charge in [0.25, 0.3) is 0 Å². The monoisotopic (exact) mass is 247 g/mol. The number of likely N-dealkylation sites (N-methyl/N-ethyl adjacent to an activating group) is 1. The molecule has 0 amide bonds. The Balaban J connectivity index is 1.74. The van der Waals surface area contributed by atoms with Crippen molar-refractivity contribution in [3.63, 3.8) is 0 Å². The summed E-state index contributed by atoms with van der Waals surface area (Å²) >= 11 is 2.03. The zero-order chi connectivity index (χ0) is 11.7. The van der Waals surface area contributed by atoms with Gasteiger partial charge in [0.05, 0.1) is 0 Å². The van der Waals surface area contributed by atoms with Crippen LogP contribution in [-0.2, 0) is 0 Å². The topological polar surface area (TPSA) is 12.0 Å². The molecule has 0 radical (unpaired) electrons. The SMILES string of the molecule is CNC(CC1CCC1)C1CSc2ccccc21. The second kappa shape index (κ2) is 5.03. The van der Waals surface area contributed by atoms with Crippen LogP contribution in [0.4, 0.5) is 0 Å². The molecule has 3 rings (SSSR count). The van der Waals surface area contributed by atoms with Gasteiger partial charge in [-0.3, -0.25) is 0 Å². The quantitative estimate of drug-likeness (QED) is 0.871. The standard InChI is InChI=1S/C15H21NS/c1-16-14(9-11-5-4-6-11)13-10-17-15-8-3-2-7-12(13)15/h2-3,7-8,11,13-14,16H,4-6,9-10H2,1H3. The van der Waals surface area contributed by atoms with Crippen LogP contribution < -0.4 is 5.32 Å². The lowest BCUT2D eigenvalue weighted by atomic mass is 9.77. The maximum Gasteiger partial charge on any atom is 0.0144 e. The first-order valence-corrected chi connectivity index (χ1v) is 7.76. The summed E-state index contributed by atoms with van der Waals surface area (Å²) in [6, 6.07) is 9.63. The highest BCUT2D eigenvalue weighted by Gasteiger charge is 2.32. The van der Waals surface area contributed by atoms with E-state index in [1.54, 1.807) is 5.56 Å². The first kappa shape index (κ1) is 11.6. The van der Waals surface area contributed by atoms with Gasteiger partial charge in [0, 0.05) is 22.6 Å². The van der Waals surface area contributed by atoms with Crippen molar-refractivity contribution in [2.75, 3.05) is 12.8 Å². The van der Waals surface area contributed by atoms with Gasteiger partial charge in [0.2, 0.25) is 0 Å². The van der Waals surface area contributed by atoms with Gasteiger partial charge in [0.15, 0.2) is 0 Å². The van der Waals surface area contributed by atoms with E-state index < -0.39 is 0 Å². The summed E-state index contributed by atoms with van der Waals surface area (Å²) in [5, 5.41) is 3.57. The average molecular weight is 247 g/mol. The van der Waals surface area contributed by atoms with Gasteiger partial charge < -0.3 is 5.32 Å². The van der Waals surface area contributed by atoms with Crippen molar-refractivity contribution >= 4 is 11.8 Å². The Morgan fingerprint density at radius 1 is 1.35 bits per heavy atom. The van der Waals surface area contributed by atoms with Crippen molar-refractivity contribution in [3.05, 3.63) is 29.8 Å². The molecule has 2 aliphatic rings. The van der Waals surface area contributed by atoms with E-state index in [-0.39, 0.29) is 0 Å². The van der Waals surface area contributed by atoms with Gasteiger partial charge >= 0.3 is 0 Å². The predicted molar refractivity (Wildman–Crippen MR) is 74.7 cm³/mol. The Labute approximate surface area is 108 Å². The molecule has 1 aliphatic carbocycles. The van der Waals surface area contributed by atoms with E-state index >= 15 is 0 Å². The van der Waals surface area contributed by atoms with Crippen molar-refractivity contribution in [1.29, 1.82) is 0 Å². The lowest BCUT2D eigenvalue weighted by molar-refractivity contribution is 0.253. The van der Waals surface area contributed by atoms with Crippen LogP contribution in [0.3, 0.4) is 0 Å².